The molecular weight excluding hydrogens is 370 g/mol. The van der Waals surface area contributed by atoms with Crippen LogP contribution in [0.3, 0.4) is 0 Å². The summed E-state index contributed by atoms with van der Waals surface area (Å²) in [5, 5.41) is 14.2. The van der Waals surface area contributed by atoms with Crippen LogP contribution < -0.4 is 22.1 Å². The molecule has 1 fully saturated rings. The molecule has 0 radical (unpaired) electrons. The van der Waals surface area contributed by atoms with Crippen molar-refractivity contribution < 1.29 is 29.1 Å². The number of likely N-dealkylation sites (tertiary alicyclic amines) is 1. The highest BCUT2D eigenvalue weighted by Gasteiger charge is 2.37. The zero-order valence-electron chi connectivity index (χ0n) is 16.3. The number of carbonyl (C=O) groups excluding carboxylic acids is 4. The standard InChI is InChI=1S/C17H29N5O6/c1-8(2)13(21-14(24)10(18)7-12(19)23)15(25)20-9(3)16(26)22-6-4-5-11(22)17(27)28/h8-11,13H,4-7,18H2,1-3H3,(H2,19,23)(H,20,25)(H,21,24)(H,27,28). The number of primary amides is 1. The maximum atomic E-state index is 12.6. The van der Waals surface area contributed by atoms with Crippen LogP contribution in [-0.4, -0.2) is 70.3 Å². The third-order valence-corrected chi connectivity index (χ3v) is 4.55. The Hall–Kier alpha value is -2.69. The van der Waals surface area contributed by atoms with Crippen molar-refractivity contribution >= 4 is 29.6 Å². The molecule has 28 heavy (non-hydrogen) atoms. The van der Waals surface area contributed by atoms with Gasteiger partial charge in [0.15, 0.2) is 0 Å². The summed E-state index contributed by atoms with van der Waals surface area (Å²) in [6.07, 6.45) is 0.578. The Labute approximate surface area is 163 Å². The summed E-state index contributed by atoms with van der Waals surface area (Å²) in [7, 11) is 0. The van der Waals surface area contributed by atoms with E-state index < -0.39 is 53.8 Å². The summed E-state index contributed by atoms with van der Waals surface area (Å²) < 4.78 is 0. The van der Waals surface area contributed by atoms with Gasteiger partial charge in [-0.15, -0.1) is 0 Å². The minimum absolute atomic E-state index is 0.308. The number of nitrogens with zero attached hydrogens (tertiary/aromatic N) is 1. The molecule has 0 aromatic carbocycles. The van der Waals surface area contributed by atoms with Crippen LogP contribution in [0.5, 0.6) is 0 Å². The van der Waals surface area contributed by atoms with E-state index in [0.29, 0.717) is 19.4 Å². The van der Waals surface area contributed by atoms with Gasteiger partial charge in [0.05, 0.1) is 12.5 Å². The van der Waals surface area contributed by atoms with Gasteiger partial charge in [-0.1, -0.05) is 13.8 Å². The Morgan fingerprint density at radius 1 is 1.11 bits per heavy atom. The van der Waals surface area contributed by atoms with Crippen LogP contribution >= 0.6 is 0 Å². The smallest absolute Gasteiger partial charge is 0.326 e. The normalized spacial score (nSPS) is 19.6. The average Bonchev–Trinajstić information content (AvgIpc) is 3.07. The first-order valence-corrected chi connectivity index (χ1v) is 9.13. The molecule has 11 heteroatoms. The maximum absolute atomic E-state index is 12.6. The number of nitrogens with two attached hydrogens (primary N) is 2. The Bertz CT molecular complexity index is 638. The molecule has 1 aliphatic rings. The molecule has 1 saturated heterocycles. The third-order valence-electron chi connectivity index (χ3n) is 4.55. The number of carbonyl (C=O) groups is 5. The summed E-state index contributed by atoms with van der Waals surface area (Å²) in [6.45, 7) is 5.15. The maximum Gasteiger partial charge on any atom is 0.326 e. The predicted octanol–water partition coefficient (Wildman–Crippen LogP) is -2.09. The van der Waals surface area contributed by atoms with Crippen molar-refractivity contribution in [3.05, 3.63) is 0 Å². The SMILES string of the molecule is CC(NC(=O)C(NC(=O)C(N)CC(N)=O)C(C)C)C(=O)N1CCCC1C(=O)O. The van der Waals surface area contributed by atoms with Crippen molar-refractivity contribution in [3.63, 3.8) is 0 Å². The minimum atomic E-state index is -1.19. The lowest BCUT2D eigenvalue weighted by Gasteiger charge is -2.28. The Morgan fingerprint density at radius 3 is 2.21 bits per heavy atom. The lowest BCUT2D eigenvalue weighted by molar-refractivity contribution is -0.149. The first kappa shape index (κ1) is 23.3. The Kier molecular flexibility index (Phi) is 8.35. The lowest BCUT2D eigenvalue weighted by Crippen LogP contribution is -2.58. The molecule has 11 nitrogen and oxygen atoms in total. The predicted molar refractivity (Wildman–Crippen MR) is 98.5 cm³/mol. The molecule has 7 N–H and O–H groups in total. The Balaban J connectivity index is 2.75. The van der Waals surface area contributed by atoms with Gasteiger partial charge in [0.2, 0.25) is 23.6 Å². The van der Waals surface area contributed by atoms with Crippen molar-refractivity contribution in [2.75, 3.05) is 6.54 Å². The van der Waals surface area contributed by atoms with E-state index in [1.807, 2.05) is 0 Å². The third kappa shape index (κ3) is 6.19. The van der Waals surface area contributed by atoms with E-state index in [-0.39, 0.29) is 12.3 Å². The number of nitrogens with one attached hydrogen (secondary N) is 2. The monoisotopic (exact) mass is 399 g/mol. The number of hydrogen-bond donors (Lipinski definition) is 5. The van der Waals surface area contributed by atoms with Crippen LogP contribution in [0.1, 0.15) is 40.0 Å². The number of hydrogen-bond acceptors (Lipinski definition) is 6. The first-order chi connectivity index (χ1) is 13.0. The highest BCUT2D eigenvalue weighted by atomic mass is 16.4. The molecule has 0 bridgehead atoms. The van der Waals surface area contributed by atoms with Gasteiger partial charge >= 0.3 is 5.97 Å². The van der Waals surface area contributed by atoms with Crippen molar-refractivity contribution in [3.8, 4) is 0 Å². The molecule has 4 unspecified atom stereocenters. The summed E-state index contributed by atoms with van der Waals surface area (Å²) in [5.41, 5.74) is 10.6. The fraction of sp³-hybridized carbons (Fsp3) is 0.706. The van der Waals surface area contributed by atoms with Crippen molar-refractivity contribution in [2.45, 2.75) is 64.2 Å². The van der Waals surface area contributed by atoms with E-state index in [4.69, 9.17) is 11.5 Å². The zero-order chi connectivity index (χ0) is 21.6. The summed E-state index contributed by atoms with van der Waals surface area (Å²) >= 11 is 0. The molecule has 0 aromatic rings. The number of aliphatic carboxylic acids is 1. The molecule has 1 heterocycles. The van der Waals surface area contributed by atoms with Gasteiger partial charge in [-0.05, 0) is 25.7 Å². The van der Waals surface area contributed by atoms with Gasteiger partial charge in [0.1, 0.15) is 18.1 Å². The highest BCUT2D eigenvalue weighted by Crippen LogP contribution is 2.18. The summed E-state index contributed by atoms with van der Waals surface area (Å²) in [6, 6.07) is -4.05. The number of carboxylic acids is 1. The molecule has 0 spiro atoms. The number of rotatable bonds is 9. The van der Waals surface area contributed by atoms with Crippen LogP contribution in [0, 0.1) is 5.92 Å². The Morgan fingerprint density at radius 2 is 1.71 bits per heavy atom. The quantitative estimate of drug-likeness (QED) is 0.294. The fourth-order valence-corrected chi connectivity index (χ4v) is 3.01. The number of amides is 4. The molecule has 0 aromatic heterocycles. The van der Waals surface area contributed by atoms with Crippen LogP contribution in [0.2, 0.25) is 0 Å². The fourth-order valence-electron chi connectivity index (χ4n) is 3.01. The molecule has 4 atom stereocenters. The van der Waals surface area contributed by atoms with E-state index in [2.05, 4.69) is 10.6 Å². The van der Waals surface area contributed by atoms with Gasteiger partial charge in [-0.3, -0.25) is 19.2 Å². The van der Waals surface area contributed by atoms with Gasteiger partial charge in [-0.2, -0.15) is 0 Å². The van der Waals surface area contributed by atoms with Crippen LogP contribution in [0.4, 0.5) is 0 Å². The van der Waals surface area contributed by atoms with E-state index in [1.54, 1.807) is 13.8 Å². The van der Waals surface area contributed by atoms with Crippen molar-refractivity contribution in [2.24, 2.45) is 17.4 Å². The second-order valence-corrected chi connectivity index (χ2v) is 7.27. The first-order valence-electron chi connectivity index (χ1n) is 9.13. The van der Waals surface area contributed by atoms with E-state index in [1.165, 1.54) is 11.8 Å². The molecule has 1 aliphatic heterocycles. The topological polar surface area (TPSA) is 185 Å². The largest absolute Gasteiger partial charge is 0.480 e. The van der Waals surface area contributed by atoms with E-state index in [0.717, 1.165) is 0 Å². The van der Waals surface area contributed by atoms with Gasteiger partial charge in [0.25, 0.3) is 0 Å². The van der Waals surface area contributed by atoms with Crippen LogP contribution in [-0.2, 0) is 24.0 Å². The minimum Gasteiger partial charge on any atom is -0.480 e. The highest BCUT2D eigenvalue weighted by molar-refractivity contribution is 5.95. The molecular formula is C17H29N5O6. The molecule has 4 amide bonds. The van der Waals surface area contributed by atoms with E-state index in [9.17, 15) is 29.1 Å². The van der Waals surface area contributed by atoms with Crippen molar-refractivity contribution in [1.29, 1.82) is 0 Å². The van der Waals surface area contributed by atoms with Gasteiger partial charge < -0.3 is 32.1 Å². The van der Waals surface area contributed by atoms with Crippen LogP contribution in [0.15, 0.2) is 0 Å². The van der Waals surface area contributed by atoms with E-state index >= 15 is 0 Å². The number of carboxylic acid groups (broad SMARTS) is 1. The van der Waals surface area contributed by atoms with Gasteiger partial charge in [0, 0.05) is 6.54 Å². The van der Waals surface area contributed by atoms with Crippen molar-refractivity contribution in [1.82, 2.24) is 15.5 Å². The second-order valence-electron chi connectivity index (χ2n) is 7.27. The molecule has 158 valence electrons. The zero-order valence-corrected chi connectivity index (χ0v) is 16.3. The summed E-state index contributed by atoms with van der Waals surface area (Å²) in [5.74, 6) is -3.98. The molecule has 1 rings (SSSR count). The van der Waals surface area contributed by atoms with Gasteiger partial charge in [-0.25, -0.2) is 4.79 Å². The molecule has 0 saturated carbocycles. The van der Waals surface area contributed by atoms with Crippen LogP contribution in [0.25, 0.3) is 0 Å². The summed E-state index contributed by atoms with van der Waals surface area (Å²) in [4.78, 5) is 60.5. The molecule has 0 aliphatic carbocycles. The lowest BCUT2D eigenvalue weighted by atomic mass is 10.0. The average molecular weight is 399 g/mol. The second kappa shape index (κ2) is 10.0.